The molecule has 0 aliphatic carbocycles. The smallest absolute Gasteiger partial charge is 0.260 e. The van der Waals surface area contributed by atoms with E-state index in [4.69, 9.17) is 0 Å². The number of fused-ring (bicyclic) bond motifs is 1. The molecule has 0 spiro atoms. The Morgan fingerprint density at radius 1 is 1.05 bits per heavy atom. The van der Waals surface area contributed by atoms with Crippen LogP contribution in [-0.4, -0.2) is 63.3 Å². The zero-order valence-corrected chi connectivity index (χ0v) is 23.5. The minimum absolute atomic E-state index is 0.000137. The standard InChI is InChI=1S/C28H31F2N5O4S/c1-5-34(6-2)11-12-35(26-10-7-18(29)13-24(26)30)28(37)21-14-19(32-17(21)3)15-23-22-16-20(40(38,39)31-4)8-9-25(22)33-27(23)36/h7-10,13-16,31-32H,5-6,11-12H2,1-4H3,(H,33,36)/b23-15-. The molecule has 4 rings (SSSR count). The number of aromatic amines is 1. The zero-order valence-electron chi connectivity index (χ0n) is 22.6. The second-order valence-corrected chi connectivity index (χ2v) is 11.2. The number of benzene rings is 2. The number of hydrogen-bond acceptors (Lipinski definition) is 5. The van der Waals surface area contributed by atoms with Gasteiger partial charge in [-0.3, -0.25) is 9.59 Å². The van der Waals surface area contributed by atoms with Crippen molar-refractivity contribution in [3.63, 3.8) is 0 Å². The maximum absolute atomic E-state index is 14.8. The number of aromatic nitrogens is 1. The van der Waals surface area contributed by atoms with Crippen LogP contribution in [0, 0.1) is 18.6 Å². The molecule has 0 atom stereocenters. The third-order valence-corrected chi connectivity index (χ3v) is 8.31. The first-order valence-corrected chi connectivity index (χ1v) is 14.3. The maximum atomic E-state index is 14.8. The Balaban J connectivity index is 1.71. The lowest BCUT2D eigenvalue weighted by Crippen LogP contribution is -2.39. The van der Waals surface area contributed by atoms with E-state index in [-0.39, 0.29) is 28.3 Å². The average molecular weight is 572 g/mol. The van der Waals surface area contributed by atoms with E-state index in [0.717, 1.165) is 25.2 Å². The van der Waals surface area contributed by atoms with Crippen molar-refractivity contribution in [3.05, 3.63) is 76.6 Å². The fourth-order valence-corrected chi connectivity index (χ4v) is 5.35. The number of anilines is 2. The normalized spacial score (nSPS) is 14.1. The summed E-state index contributed by atoms with van der Waals surface area (Å²) in [5, 5.41) is 2.71. The molecule has 1 aliphatic rings. The molecule has 0 saturated carbocycles. The van der Waals surface area contributed by atoms with Crippen molar-refractivity contribution in [2.45, 2.75) is 25.7 Å². The van der Waals surface area contributed by atoms with E-state index in [9.17, 15) is 26.8 Å². The maximum Gasteiger partial charge on any atom is 0.260 e. The Morgan fingerprint density at radius 2 is 1.77 bits per heavy atom. The van der Waals surface area contributed by atoms with Gasteiger partial charge in [-0.15, -0.1) is 0 Å². The number of nitrogens with zero attached hydrogens (tertiary/aromatic N) is 2. The SMILES string of the molecule is CCN(CC)CCN(C(=O)c1cc(/C=C2\C(=O)Nc3ccc(S(=O)(=O)NC)cc32)[nH]c1C)c1ccc(F)cc1F. The van der Waals surface area contributed by atoms with E-state index in [2.05, 4.69) is 19.9 Å². The number of amides is 2. The predicted molar refractivity (Wildman–Crippen MR) is 151 cm³/mol. The third kappa shape index (κ3) is 5.83. The Bertz CT molecular complexity index is 1600. The van der Waals surface area contributed by atoms with Crippen LogP contribution in [0.5, 0.6) is 0 Å². The molecule has 12 heteroatoms. The first-order chi connectivity index (χ1) is 19.0. The van der Waals surface area contributed by atoms with Gasteiger partial charge in [-0.1, -0.05) is 13.8 Å². The minimum Gasteiger partial charge on any atom is -0.358 e. The topological polar surface area (TPSA) is 115 Å². The molecular formula is C28H31F2N5O4S. The number of rotatable bonds is 10. The highest BCUT2D eigenvalue weighted by atomic mass is 32.2. The molecule has 2 aromatic carbocycles. The Labute approximate surface area is 231 Å². The Kier molecular flexibility index (Phi) is 8.52. The number of halogens is 2. The zero-order chi connectivity index (χ0) is 29.2. The summed E-state index contributed by atoms with van der Waals surface area (Å²) >= 11 is 0. The lowest BCUT2D eigenvalue weighted by molar-refractivity contribution is -0.110. The molecule has 9 nitrogen and oxygen atoms in total. The number of carbonyl (C=O) groups is 2. The lowest BCUT2D eigenvalue weighted by atomic mass is 10.1. The number of H-pyrrole nitrogens is 1. The Hall–Kier alpha value is -3.87. The molecular weight excluding hydrogens is 540 g/mol. The van der Waals surface area contributed by atoms with Gasteiger partial charge in [0.1, 0.15) is 11.6 Å². The van der Waals surface area contributed by atoms with E-state index < -0.39 is 33.5 Å². The fraction of sp³-hybridized carbons (Fsp3) is 0.286. The van der Waals surface area contributed by atoms with Crippen molar-refractivity contribution in [1.29, 1.82) is 0 Å². The van der Waals surface area contributed by atoms with E-state index in [1.54, 1.807) is 13.0 Å². The van der Waals surface area contributed by atoms with Crippen LogP contribution in [0.25, 0.3) is 11.6 Å². The molecule has 0 fully saturated rings. The summed E-state index contributed by atoms with van der Waals surface area (Å²) in [6.45, 7) is 7.78. The summed E-state index contributed by atoms with van der Waals surface area (Å²) < 4.78 is 55.3. The van der Waals surface area contributed by atoms with Gasteiger partial charge in [-0.25, -0.2) is 21.9 Å². The summed E-state index contributed by atoms with van der Waals surface area (Å²) in [6.07, 6.45) is 1.53. The van der Waals surface area contributed by atoms with Crippen LogP contribution in [0.2, 0.25) is 0 Å². The van der Waals surface area contributed by atoms with Gasteiger partial charge in [-0.05, 0) is 69.5 Å². The second kappa shape index (κ2) is 11.7. The average Bonchev–Trinajstić information content (AvgIpc) is 3.45. The van der Waals surface area contributed by atoms with Crippen LogP contribution < -0.4 is 14.9 Å². The summed E-state index contributed by atoms with van der Waals surface area (Å²) in [4.78, 5) is 32.9. The Morgan fingerprint density at radius 3 is 2.42 bits per heavy atom. The van der Waals surface area contributed by atoms with Gasteiger partial charge in [0.25, 0.3) is 11.8 Å². The summed E-state index contributed by atoms with van der Waals surface area (Å²) in [5.74, 6) is -2.52. The van der Waals surface area contributed by atoms with Gasteiger partial charge in [0, 0.05) is 41.8 Å². The molecule has 1 aliphatic heterocycles. The molecule has 0 bridgehead atoms. The van der Waals surface area contributed by atoms with Gasteiger partial charge >= 0.3 is 0 Å². The van der Waals surface area contributed by atoms with E-state index in [0.29, 0.717) is 29.2 Å². The predicted octanol–water partition coefficient (Wildman–Crippen LogP) is 3.99. The third-order valence-electron chi connectivity index (χ3n) is 6.90. The van der Waals surface area contributed by atoms with E-state index in [1.165, 1.54) is 42.3 Å². The molecule has 40 heavy (non-hydrogen) atoms. The van der Waals surface area contributed by atoms with Crippen LogP contribution in [0.15, 0.2) is 47.4 Å². The molecule has 212 valence electrons. The molecule has 2 amide bonds. The van der Waals surface area contributed by atoms with Crippen molar-refractivity contribution in [1.82, 2.24) is 14.6 Å². The van der Waals surface area contributed by atoms with Gasteiger partial charge in [-0.2, -0.15) is 0 Å². The van der Waals surface area contributed by atoms with Gasteiger partial charge in [0.05, 0.1) is 21.7 Å². The van der Waals surface area contributed by atoms with E-state index >= 15 is 0 Å². The monoisotopic (exact) mass is 571 g/mol. The van der Waals surface area contributed by atoms with Crippen LogP contribution in [0.1, 0.15) is 41.2 Å². The molecule has 0 saturated heterocycles. The van der Waals surface area contributed by atoms with Gasteiger partial charge in [0.15, 0.2) is 0 Å². The van der Waals surface area contributed by atoms with Crippen molar-refractivity contribution in [3.8, 4) is 0 Å². The molecule has 3 N–H and O–H groups in total. The quantitative estimate of drug-likeness (QED) is 0.319. The van der Waals surface area contributed by atoms with E-state index in [1.807, 2.05) is 13.8 Å². The van der Waals surface area contributed by atoms with Crippen molar-refractivity contribution < 1.29 is 26.8 Å². The second-order valence-electron chi connectivity index (χ2n) is 9.27. The highest BCUT2D eigenvalue weighted by Crippen LogP contribution is 2.35. The minimum atomic E-state index is -3.74. The van der Waals surface area contributed by atoms with Crippen LogP contribution in [0.4, 0.5) is 20.2 Å². The highest BCUT2D eigenvalue weighted by molar-refractivity contribution is 7.89. The van der Waals surface area contributed by atoms with Crippen LogP contribution in [0.3, 0.4) is 0 Å². The summed E-state index contributed by atoms with van der Waals surface area (Å²) in [5.41, 5.74) is 2.19. The molecule has 2 heterocycles. The molecule has 3 aromatic rings. The van der Waals surface area contributed by atoms with Crippen molar-refractivity contribution in [2.75, 3.05) is 43.4 Å². The number of carbonyl (C=O) groups excluding carboxylic acids is 2. The van der Waals surface area contributed by atoms with Crippen molar-refractivity contribution >= 4 is 44.9 Å². The first-order valence-electron chi connectivity index (χ1n) is 12.8. The number of hydrogen-bond donors (Lipinski definition) is 3. The summed E-state index contributed by atoms with van der Waals surface area (Å²) in [7, 11) is -2.44. The number of likely N-dealkylation sites (N-methyl/N-ethyl adjacent to an activating group) is 1. The number of sulfonamides is 1. The van der Waals surface area contributed by atoms with Crippen LogP contribution >= 0.6 is 0 Å². The molecule has 1 aromatic heterocycles. The lowest BCUT2D eigenvalue weighted by Gasteiger charge is -2.27. The molecule has 0 unspecified atom stereocenters. The van der Waals surface area contributed by atoms with Crippen LogP contribution in [-0.2, 0) is 14.8 Å². The van der Waals surface area contributed by atoms with Gasteiger partial charge < -0.3 is 20.1 Å². The largest absolute Gasteiger partial charge is 0.358 e. The summed E-state index contributed by atoms with van der Waals surface area (Å²) in [6, 6.07) is 8.95. The highest BCUT2D eigenvalue weighted by Gasteiger charge is 2.28. The fourth-order valence-electron chi connectivity index (χ4n) is 4.59. The number of nitrogens with one attached hydrogen (secondary N) is 3. The van der Waals surface area contributed by atoms with Gasteiger partial charge in [0.2, 0.25) is 10.0 Å². The van der Waals surface area contributed by atoms with Crippen molar-refractivity contribution in [2.24, 2.45) is 0 Å². The first kappa shape index (κ1) is 29.1. The number of aryl methyl sites for hydroxylation is 1. The molecule has 0 radical (unpaired) electrons.